The van der Waals surface area contributed by atoms with E-state index < -0.39 is 126 Å². The van der Waals surface area contributed by atoms with Gasteiger partial charge in [-0.05, 0) is 117 Å². The Balaban J connectivity index is 1.04. The fourth-order valence-electron chi connectivity index (χ4n) is 13.1. The van der Waals surface area contributed by atoms with Crippen molar-refractivity contribution in [2.24, 2.45) is 11.8 Å². The van der Waals surface area contributed by atoms with Gasteiger partial charge >= 0.3 is 11.4 Å². The Kier molecular flexibility index (Phi) is 19.9. The third-order valence-corrected chi connectivity index (χ3v) is 18.2. The summed E-state index contributed by atoms with van der Waals surface area (Å²) >= 11 is 0. The fraction of sp³-hybridized carbons (Fsp3) is 0.414. The molecule has 5 unspecified atom stereocenters. The number of aromatic nitrogens is 7. The first-order valence-electron chi connectivity index (χ1n) is 32.5. The van der Waals surface area contributed by atoms with Gasteiger partial charge in [0.25, 0.3) is 6.43 Å². The minimum Gasteiger partial charge on any atom is -0.490 e. The molecule has 516 valence electrons. The van der Waals surface area contributed by atoms with E-state index in [9.17, 15) is 33.4 Å². The van der Waals surface area contributed by atoms with E-state index in [2.05, 4.69) is 28.4 Å². The Hall–Kier alpha value is -9.51. The van der Waals surface area contributed by atoms with Crippen LogP contribution >= 0.6 is 0 Å². The predicted molar refractivity (Wildman–Crippen MR) is 353 cm³/mol. The van der Waals surface area contributed by atoms with Crippen LogP contribution in [-0.2, 0) is 25.5 Å². The second-order valence-corrected chi connectivity index (χ2v) is 25.7. The van der Waals surface area contributed by atoms with E-state index in [4.69, 9.17) is 33.9 Å². The van der Waals surface area contributed by atoms with E-state index >= 15 is 22.4 Å². The molecule has 1 saturated carbocycles. The van der Waals surface area contributed by atoms with Gasteiger partial charge in [0, 0.05) is 87.3 Å². The van der Waals surface area contributed by atoms with Crippen molar-refractivity contribution in [3.63, 3.8) is 0 Å². The number of hydrogen-bond acceptors (Lipinski definition) is 18. The van der Waals surface area contributed by atoms with Crippen LogP contribution in [0.3, 0.4) is 0 Å². The number of carbonyl (C=O) groups is 2. The average molecular weight is 1360 g/mol. The van der Waals surface area contributed by atoms with Crippen LogP contribution in [0.1, 0.15) is 76.3 Å². The summed E-state index contributed by atoms with van der Waals surface area (Å²) in [6.45, 7) is 15.6. The number of alkyl halides is 2. The number of halogens is 6. The van der Waals surface area contributed by atoms with Gasteiger partial charge in [0.15, 0.2) is 22.9 Å². The van der Waals surface area contributed by atoms with Gasteiger partial charge in [0.05, 0.1) is 39.9 Å². The molecule has 0 spiro atoms. The van der Waals surface area contributed by atoms with Crippen LogP contribution in [0.15, 0.2) is 107 Å². The first-order chi connectivity index (χ1) is 47.0. The van der Waals surface area contributed by atoms with Crippen LogP contribution in [0, 0.1) is 35.1 Å². The molecule has 2 amide bonds. The Morgan fingerprint density at radius 3 is 2.00 bits per heavy atom. The van der Waals surface area contributed by atoms with E-state index in [-0.39, 0.29) is 149 Å². The minimum absolute atomic E-state index is 0.0318. The highest BCUT2D eigenvalue weighted by atomic mass is 19.3. The number of pyridine rings is 3. The Morgan fingerprint density at radius 2 is 1.38 bits per heavy atom. The van der Waals surface area contributed by atoms with Crippen LogP contribution in [0.2, 0.25) is 0 Å². The quantitative estimate of drug-likeness (QED) is 0.0574. The van der Waals surface area contributed by atoms with Crippen molar-refractivity contribution in [3.8, 4) is 39.7 Å². The molecular formula is C70H74F6N12O10. The van der Waals surface area contributed by atoms with E-state index in [1.807, 2.05) is 20.8 Å². The number of fused-ring (bicyclic) bond motifs is 8. The molecule has 3 fully saturated rings. The molecule has 7 atom stereocenters. The van der Waals surface area contributed by atoms with Crippen molar-refractivity contribution in [1.29, 1.82) is 0 Å². The lowest BCUT2D eigenvalue weighted by atomic mass is 9.91. The highest BCUT2D eigenvalue weighted by molar-refractivity contribution is 5.93. The first-order valence-corrected chi connectivity index (χ1v) is 32.5. The van der Waals surface area contributed by atoms with Crippen LogP contribution in [-0.4, -0.2) is 175 Å². The number of benzene rings is 2. The molecule has 7 aromatic rings. The molecule has 98 heavy (non-hydrogen) atoms. The van der Waals surface area contributed by atoms with Gasteiger partial charge in [-0.15, -0.1) is 0 Å². The summed E-state index contributed by atoms with van der Waals surface area (Å²) in [4.78, 5) is 85.7. The molecular weight excluding hydrogens is 1280 g/mol. The van der Waals surface area contributed by atoms with Gasteiger partial charge in [0.2, 0.25) is 11.8 Å². The molecule has 2 saturated heterocycles. The molecule has 4 bridgehead atoms. The number of anilines is 2. The van der Waals surface area contributed by atoms with Crippen molar-refractivity contribution in [3.05, 3.63) is 159 Å². The number of piperazine rings is 2. The number of carbonyl (C=O) groups excluding carboxylic acids is 2. The zero-order valence-corrected chi connectivity index (χ0v) is 54.5. The van der Waals surface area contributed by atoms with E-state index in [0.717, 1.165) is 46.2 Å². The maximum atomic E-state index is 18.0. The lowest BCUT2D eigenvalue weighted by molar-refractivity contribution is -0.127. The number of ether oxygens (including phenoxy) is 4. The fourth-order valence-corrected chi connectivity index (χ4v) is 13.1. The van der Waals surface area contributed by atoms with E-state index in [0.29, 0.717) is 6.54 Å². The molecule has 0 radical (unpaired) electrons. The van der Waals surface area contributed by atoms with Gasteiger partial charge in [-0.25, -0.2) is 50.5 Å². The lowest BCUT2D eigenvalue weighted by Crippen LogP contribution is -2.54. The molecule has 5 aliphatic rings. The van der Waals surface area contributed by atoms with Crippen LogP contribution < -0.4 is 36.0 Å². The summed E-state index contributed by atoms with van der Waals surface area (Å²) in [6.07, 6.45) is 0.100. The van der Waals surface area contributed by atoms with Crippen LogP contribution in [0.5, 0.6) is 11.5 Å². The number of nitrogens with zero attached hydrogens (tertiary/aromatic N) is 11. The van der Waals surface area contributed by atoms with Crippen molar-refractivity contribution < 1.29 is 65.1 Å². The number of amides is 2. The number of aliphatic hydroxyl groups excluding tert-OH is 2. The third kappa shape index (κ3) is 13.7. The third-order valence-electron chi connectivity index (χ3n) is 18.2. The average Bonchev–Trinajstić information content (AvgIpc) is 0.809. The maximum absolute atomic E-state index is 18.0. The molecule has 28 heteroatoms. The molecule has 4 aliphatic heterocycles. The predicted octanol–water partition coefficient (Wildman–Crippen LogP) is 8.19. The van der Waals surface area contributed by atoms with Crippen molar-refractivity contribution in [2.45, 2.75) is 103 Å². The monoisotopic (exact) mass is 1360 g/mol. The Labute approximate surface area is 559 Å². The summed E-state index contributed by atoms with van der Waals surface area (Å²) in [6, 6.07) is 8.53. The standard InChI is InChI=1S/C70H74F6N12O10/c1-8-55(90)83-19-21-85(38(6)29-83)66-44-26-48(73)61-58-47(72)24-41(25-52(58)97-34-53(95-32-40-13-14-40)63(92)42(15-17-77-28-36(3)4)31-87(65(44)79-61)69(93)81-66)23-37(5)59-62-43(16-18-78-59)64(98-35-54(75)76)50(89)33-96-51-12-10-11-46(71)57(51)60-49(74)27-45-67(82-70(94)88(62)68(45)80-60)86-22-20-84(30-39(86)7)56(91)9-2/h8-12,15-18,24-27,31,36-40,50,53-54,63-64,77,89,92H,1-2,13-14,19-23,28-30,32-35H2,3-7H3/b17-15-,42-31-/t37?,38-,39-,50?,53?,63?,64?/m0/s1. The topological polar surface area (TPSA) is 245 Å². The van der Waals surface area contributed by atoms with Gasteiger partial charge in [-0.3, -0.25) is 19.1 Å². The normalized spacial score (nSPS) is 21.3. The second kappa shape index (κ2) is 28.5. The number of hydrogen-bond donors (Lipinski definition) is 3. The molecule has 9 heterocycles. The summed E-state index contributed by atoms with van der Waals surface area (Å²) in [5.41, 5.74) is -4.84. The smallest absolute Gasteiger partial charge is 0.355 e. The van der Waals surface area contributed by atoms with Gasteiger partial charge in [-0.2, -0.15) is 9.97 Å². The summed E-state index contributed by atoms with van der Waals surface area (Å²) in [7, 11) is 0. The summed E-state index contributed by atoms with van der Waals surface area (Å²) in [5.74, 6) is -6.14. The highest BCUT2D eigenvalue weighted by Crippen LogP contribution is 2.43. The van der Waals surface area contributed by atoms with Crippen molar-refractivity contribution in [1.82, 2.24) is 49.2 Å². The van der Waals surface area contributed by atoms with Gasteiger partial charge < -0.3 is 54.1 Å². The number of aliphatic hydroxyl groups is 2. The van der Waals surface area contributed by atoms with Gasteiger partial charge in [-0.1, -0.05) is 40.0 Å². The van der Waals surface area contributed by atoms with Crippen LogP contribution in [0.4, 0.5) is 38.0 Å². The van der Waals surface area contributed by atoms with Gasteiger partial charge in [0.1, 0.15) is 90.4 Å². The van der Waals surface area contributed by atoms with Crippen LogP contribution in [0.25, 0.3) is 56.5 Å². The van der Waals surface area contributed by atoms with Crippen molar-refractivity contribution in [2.75, 3.05) is 82.0 Å². The minimum atomic E-state index is -3.10. The second-order valence-electron chi connectivity index (χ2n) is 25.7. The number of rotatable bonds is 17. The molecule has 2 aromatic carbocycles. The molecule has 22 nitrogen and oxygen atoms in total. The zero-order chi connectivity index (χ0) is 69.5. The lowest BCUT2D eigenvalue weighted by Gasteiger charge is -2.40. The SMILES string of the molecule is C=CC(=O)N1CCN(c2nc(=O)n3c4nc(c(F)cc24)-c2c(F)cc(CC(C)c4nccc5c4-n4c(=O)nc(N6CCN(C(=O)C=C)C[C@@H]6C)c6cc(F)c(nc64)-c4c(F)cccc4OCC(O)C5OCC(F)F)cc2OCC(OCC2CC2)C(O)C(/C=C\NCC(C)C)=C\3)[C@@H](C)C1. The first kappa shape index (κ1) is 68.4. The maximum Gasteiger partial charge on any atom is 0.355 e. The van der Waals surface area contributed by atoms with E-state index in [1.165, 1.54) is 53.7 Å². The van der Waals surface area contributed by atoms with Crippen molar-refractivity contribution >= 4 is 51.7 Å². The number of nitrogens with one attached hydrogen (secondary N) is 1. The molecule has 5 aromatic heterocycles. The Bertz CT molecular complexity index is 4470. The molecule has 3 N–H and O–H groups in total. The Morgan fingerprint density at radius 1 is 0.755 bits per heavy atom. The van der Waals surface area contributed by atoms with E-state index in [1.54, 1.807) is 40.8 Å². The highest BCUT2D eigenvalue weighted by Gasteiger charge is 2.38. The summed E-state index contributed by atoms with van der Waals surface area (Å²) < 4.78 is 125. The molecule has 12 rings (SSSR count). The zero-order valence-electron chi connectivity index (χ0n) is 54.5. The molecule has 1 aliphatic carbocycles. The largest absolute Gasteiger partial charge is 0.490 e. The summed E-state index contributed by atoms with van der Waals surface area (Å²) in [5, 5.41) is 27.8.